The van der Waals surface area contributed by atoms with Crippen molar-refractivity contribution in [3.05, 3.63) is 52.0 Å². The van der Waals surface area contributed by atoms with Crippen molar-refractivity contribution in [3.63, 3.8) is 0 Å². The maximum absolute atomic E-state index is 12.6. The van der Waals surface area contributed by atoms with Crippen molar-refractivity contribution in [3.8, 4) is 23.0 Å². The Morgan fingerprint density at radius 1 is 1.10 bits per heavy atom. The number of hydrogen-bond acceptors (Lipinski definition) is 6. The van der Waals surface area contributed by atoms with Crippen molar-refractivity contribution >= 4 is 33.7 Å². The molecule has 1 amide bonds. The number of rotatable bonds is 8. The summed E-state index contributed by atoms with van der Waals surface area (Å²) in [6.45, 7) is 3.14. The molecule has 0 aromatic heterocycles. The van der Waals surface area contributed by atoms with Gasteiger partial charge in [0.25, 0.3) is 5.91 Å². The van der Waals surface area contributed by atoms with E-state index in [1.54, 1.807) is 50.5 Å². The highest BCUT2D eigenvalue weighted by atomic mass is 79.9. The van der Waals surface area contributed by atoms with Gasteiger partial charge in [0, 0.05) is 19.7 Å². The molecule has 31 heavy (non-hydrogen) atoms. The lowest BCUT2D eigenvalue weighted by Gasteiger charge is -2.18. The molecular weight excluding hydrogens is 466 g/mol. The van der Waals surface area contributed by atoms with E-state index < -0.39 is 0 Å². The van der Waals surface area contributed by atoms with E-state index in [0.29, 0.717) is 52.9 Å². The number of halogens is 1. The van der Waals surface area contributed by atoms with E-state index in [4.69, 9.17) is 18.9 Å². The highest BCUT2D eigenvalue weighted by Crippen LogP contribution is 2.37. The molecule has 8 heteroatoms. The van der Waals surface area contributed by atoms with E-state index in [1.165, 1.54) is 11.0 Å². The van der Waals surface area contributed by atoms with Crippen LogP contribution in [-0.2, 0) is 4.79 Å². The average Bonchev–Trinajstić information content (AvgIpc) is 2.76. The minimum Gasteiger partial charge on any atom is -0.490 e. The van der Waals surface area contributed by atoms with Gasteiger partial charge in [0.2, 0.25) is 0 Å². The van der Waals surface area contributed by atoms with Gasteiger partial charge in [-0.15, -0.1) is 0 Å². The van der Waals surface area contributed by atoms with Crippen LogP contribution in [0.25, 0.3) is 6.08 Å². The Balaban J connectivity index is 1.78. The predicted octanol–water partition coefficient (Wildman–Crippen LogP) is 3.98. The van der Waals surface area contributed by atoms with Gasteiger partial charge in [-0.05, 0) is 64.8 Å². The molecule has 2 aromatic rings. The summed E-state index contributed by atoms with van der Waals surface area (Å²) in [5.41, 5.74) is 1.25. The summed E-state index contributed by atoms with van der Waals surface area (Å²) in [5.74, 6) is 1.80. The third-order valence-corrected chi connectivity index (χ3v) is 5.01. The Morgan fingerprint density at radius 3 is 2.55 bits per heavy atom. The van der Waals surface area contributed by atoms with Crippen LogP contribution in [0.1, 0.15) is 22.8 Å². The lowest BCUT2D eigenvalue weighted by atomic mass is 10.1. The standard InChI is InChI=1S/C23H24BrNO6/c1-4-28-21-12-15(11-17(24)23(21)31-14-22(27)25(2)3)5-7-18(26)16-6-8-19-20(13-16)30-10-9-29-19/h5-8,11-13H,4,9-10,14H2,1-3H3. The Morgan fingerprint density at radius 2 is 1.84 bits per heavy atom. The molecule has 0 fully saturated rings. The second kappa shape index (κ2) is 10.3. The van der Waals surface area contributed by atoms with Gasteiger partial charge in [0.15, 0.2) is 35.4 Å². The first-order valence-corrected chi connectivity index (χ1v) is 10.6. The second-order valence-corrected chi connectivity index (χ2v) is 7.75. The number of benzene rings is 2. The van der Waals surface area contributed by atoms with Gasteiger partial charge in [-0.1, -0.05) is 6.08 Å². The van der Waals surface area contributed by atoms with Crippen LogP contribution in [0.3, 0.4) is 0 Å². The van der Waals surface area contributed by atoms with Gasteiger partial charge in [-0.3, -0.25) is 9.59 Å². The van der Waals surface area contributed by atoms with Crippen LogP contribution in [0.4, 0.5) is 0 Å². The second-order valence-electron chi connectivity index (χ2n) is 6.90. The van der Waals surface area contributed by atoms with Crippen LogP contribution in [-0.4, -0.2) is 57.1 Å². The number of ketones is 1. The zero-order valence-corrected chi connectivity index (χ0v) is 19.2. The molecule has 0 spiro atoms. The van der Waals surface area contributed by atoms with Crippen molar-refractivity contribution in [1.29, 1.82) is 0 Å². The van der Waals surface area contributed by atoms with Crippen molar-refractivity contribution in [2.24, 2.45) is 0 Å². The molecule has 1 aliphatic rings. The van der Waals surface area contributed by atoms with Gasteiger partial charge in [-0.2, -0.15) is 0 Å². The van der Waals surface area contributed by atoms with E-state index in [0.717, 1.165) is 5.56 Å². The van der Waals surface area contributed by atoms with E-state index in [-0.39, 0.29) is 18.3 Å². The third-order valence-electron chi connectivity index (χ3n) is 4.42. The monoisotopic (exact) mass is 489 g/mol. The minimum atomic E-state index is -0.164. The van der Waals surface area contributed by atoms with Crippen LogP contribution < -0.4 is 18.9 Å². The Bertz CT molecular complexity index is 1000. The number of likely N-dealkylation sites (N-methyl/N-ethyl adjacent to an activating group) is 1. The zero-order valence-electron chi connectivity index (χ0n) is 17.6. The third kappa shape index (κ3) is 5.79. The molecule has 0 atom stereocenters. The molecular formula is C23H24BrNO6. The normalized spacial score (nSPS) is 12.5. The smallest absolute Gasteiger partial charge is 0.259 e. The number of allylic oxidation sites excluding steroid dienone is 1. The molecule has 3 rings (SSSR count). The fraction of sp³-hybridized carbons (Fsp3) is 0.304. The van der Waals surface area contributed by atoms with Crippen LogP contribution in [0.15, 0.2) is 40.9 Å². The van der Waals surface area contributed by atoms with E-state index in [1.807, 2.05) is 6.92 Å². The Kier molecular flexibility index (Phi) is 7.57. The van der Waals surface area contributed by atoms with E-state index >= 15 is 0 Å². The first-order valence-electron chi connectivity index (χ1n) is 9.80. The number of hydrogen-bond donors (Lipinski definition) is 0. The first kappa shape index (κ1) is 22.7. The molecule has 2 aromatic carbocycles. The molecule has 0 N–H and O–H groups in total. The lowest BCUT2D eigenvalue weighted by Crippen LogP contribution is -2.27. The summed E-state index contributed by atoms with van der Waals surface area (Å²) in [5, 5.41) is 0. The maximum atomic E-state index is 12.6. The van der Waals surface area contributed by atoms with E-state index in [9.17, 15) is 9.59 Å². The molecule has 1 aliphatic heterocycles. The molecule has 7 nitrogen and oxygen atoms in total. The molecule has 1 heterocycles. The first-order chi connectivity index (χ1) is 14.9. The van der Waals surface area contributed by atoms with Crippen LogP contribution in [0, 0.1) is 0 Å². The molecule has 0 unspecified atom stereocenters. The SMILES string of the molecule is CCOc1cc(C=CC(=O)c2ccc3c(c2)OCCO3)cc(Br)c1OCC(=O)N(C)C. The quantitative estimate of drug-likeness (QED) is 0.412. The minimum absolute atomic E-state index is 0.108. The lowest BCUT2D eigenvalue weighted by molar-refractivity contribution is -0.130. The molecule has 0 bridgehead atoms. The van der Waals surface area contributed by atoms with Crippen LogP contribution in [0.2, 0.25) is 0 Å². The number of carbonyl (C=O) groups is 2. The molecule has 0 radical (unpaired) electrons. The summed E-state index contributed by atoms with van der Waals surface area (Å²) in [6, 6.07) is 8.69. The Hall–Kier alpha value is -3.00. The maximum Gasteiger partial charge on any atom is 0.259 e. The zero-order chi connectivity index (χ0) is 22.4. The highest BCUT2D eigenvalue weighted by molar-refractivity contribution is 9.10. The average molecular weight is 490 g/mol. The summed E-state index contributed by atoms with van der Waals surface area (Å²) in [7, 11) is 3.33. The fourth-order valence-corrected chi connectivity index (χ4v) is 3.39. The summed E-state index contributed by atoms with van der Waals surface area (Å²) >= 11 is 3.47. The van der Waals surface area contributed by atoms with Crippen molar-refractivity contribution < 1.29 is 28.5 Å². The molecule has 164 valence electrons. The molecule has 0 saturated carbocycles. The number of carbonyl (C=O) groups excluding carboxylic acids is 2. The summed E-state index contributed by atoms with van der Waals surface area (Å²) in [6.07, 6.45) is 3.18. The van der Waals surface area contributed by atoms with Gasteiger partial charge < -0.3 is 23.8 Å². The van der Waals surface area contributed by atoms with Gasteiger partial charge in [0.1, 0.15) is 13.2 Å². The molecule has 0 saturated heterocycles. The van der Waals surface area contributed by atoms with Gasteiger partial charge >= 0.3 is 0 Å². The largest absolute Gasteiger partial charge is 0.490 e. The number of ether oxygens (including phenoxy) is 4. The predicted molar refractivity (Wildman–Crippen MR) is 120 cm³/mol. The van der Waals surface area contributed by atoms with Crippen LogP contribution in [0.5, 0.6) is 23.0 Å². The van der Waals surface area contributed by atoms with Crippen LogP contribution >= 0.6 is 15.9 Å². The van der Waals surface area contributed by atoms with Gasteiger partial charge in [-0.25, -0.2) is 0 Å². The van der Waals surface area contributed by atoms with Crippen molar-refractivity contribution in [2.75, 3.05) is 40.5 Å². The highest BCUT2D eigenvalue weighted by Gasteiger charge is 2.16. The van der Waals surface area contributed by atoms with Gasteiger partial charge in [0.05, 0.1) is 11.1 Å². The summed E-state index contributed by atoms with van der Waals surface area (Å²) in [4.78, 5) is 25.9. The van der Waals surface area contributed by atoms with E-state index in [2.05, 4.69) is 15.9 Å². The van der Waals surface area contributed by atoms with Crippen molar-refractivity contribution in [1.82, 2.24) is 4.90 Å². The molecule has 0 aliphatic carbocycles. The van der Waals surface area contributed by atoms with Crippen molar-refractivity contribution in [2.45, 2.75) is 6.92 Å². The number of amides is 1. The summed E-state index contributed by atoms with van der Waals surface area (Å²) < 4.78 is 23.0. The fourth-order valence-electron chi connectivity index (χ4n) is 2.81. The topological polar surface area (TPSA) is 74.3 Å². The Labute approximate surface area is 189 Å². The number of nitrogens with zero attached hydrogens (tertiary/aromatic N) is 1. The number of fused-ring (bicyclic) bond motifs is 1.